The fourth-order valence-electron chi connectivity index (χ4n) is 7.11. The Morgan fingerprint density at radius 3 is 2.51 bits per heavy atom. The smallest absolute Gasteiger partial charge is 0.251 e. The highest BCUT2D eigenvalue weighted by molar-refractivity contribution is 8.02. The number of benzene rings is 2. The number of fused-ring (bicyclic) bond motifs is 2. The minimum atomic E-state index is -0.908. The Morgan fingerprint density at radius 1 is 1.00 bits per heavy atom. The maximum absolute atomic E-state index is 14.7. The van der Waals surface area contributed by atoms with Gasteiger partial charge in [-0.25, -0.2) is 0 Å². The number of carbonyl (C=O) groups excluding carboxylic acids is 3. The van der Waals surface area contributed by atoms with Crippen LogP contribution in [0.5, 0.6) is 0 Å². The molecule has 3 amide bonds. The Bertz CT molecular complexity index is 1420. The van der Waals surface area contributed by atoms with Gasteiger partial charge in [-0.05, 0) is 43.0 Å². The molecule has 1 N–H and O–H groups in total. The molecule has 7 nitrogen and oxygen atoms in total. The number of rotatable bonds is 6. The van der Waals surface area contributed by atoms with Crippen LogP contribution < -0.4 is 4.90 Å². The second-order valence-corrected chi connectivity index (χ2v) is 13.1. The number of hydrogen-bond donors (Lipinski definition) is 1. The predicted octanol–water partition coefficient (Wildman–Crippen LogP) is 3.87. The Morgan fingerprint density at radius 2 is 1.78 bits per heavy atom. The molecule has 4 heterocycles. The third kappa shape index (κ3) is 4.43. The van der Waals surface area contributed by atoms with Crippen LogP contribution in [0.2, 0.25) is 0 Å². The number of aryl methyl sites for hydroxylation is 2. The lowest BCUT2D eigenvalue weighted by molar-refractivity contribution is -0.145. The normalized spacial score (nSPS) is 29.8. The van der Waals surface area contributed by atoms with Crippen molar-refractivity contribution in [3.8, 4) is 0 Å². The molecule has 0 saturated carbocycles. The van der Waals surface area contributed by atoms with Crippen LogP contribution in [0.15, 0.2) is 72.8 Å². The summed E-state index contributed by atoms with van der Waals surface area (Å²) >= 11 is 1.58. The van der Waals surface area contributed by atoms with E-state index in [0.29, 0.717) is 26.1 Å². The molecule has 0 aliphatic carbocycles. The van der Waals surface area contributed by atoms with Crippen molar-refractivity contribution < 1.29 is 19.5 Å². The summed E-state index contributed by atoms with van der Waals surface area (Å²) in [6.45, 7) is 6.99. The fraction of sp³-hybridized carbons (Fsp3) is 0.424. The van der Waals surface area contributed by atoms with E-state index in [1.165, 1.54) is 0 Å². The summed E-state index contributed by atoms with van der Waals surface area (Å²) in [7, 11) is 0. The summed E-state index contributed by atoms with van der Waals surface area (Å²) in [6.07, 6.45) is 8.64. The number of amides is 3. The third-order valence-electron chi connectivity index (χ3n) is 9.13. The molecule has 214 valence electrons. The third-order valence-corrected chi connectivity index (χ3v) is 10.9. The van der Waals surface area contributed by atoms with E-state index in [1.807, 2.05) is 92.4 Å². The predicted molar refractivity (Wildman–Crippen MR) is 161 cm³/mol. The van der Waals surface area contributed by atoms with Gasteiger partial charge in [0.1, 0.15) is 6.04 Å². The second-order valence-electron chi connectivity index (χ2n) is 11.6. The molecule has 2 aromatic carbocycles. The van der Waals surface area contributed by atoms with Crippen LogP contribution in [0.3, 0.4) is 0 Å². The second kappa shape index (κ2) is 10.8. The summed E-state index contributed by atoms with van der Waals surface area (Å²) in [5.41, 5.74) is 3.89. The molecule has 2 aromatic rings. The molecular formula is C33H37N3O4S. The molecule has 8 heteroatoms. The maximum atomic E-state index is 14.7. The highest BCUT2D eigenvalue weighted by atomic mass is 32.2. The molecule has 0 radical (unpaired) electrons. The number of carbonyl (C=O) groups is 3. The first-order valence-electron chi connectivity index (χ1n) is 14.5. The molecule has 4 aliphatic heterocycles. The van der Waals surface area contributed by atoms with Crippen LogP contribution in [0.25, 0.3) is 0 Å². The van der Waals surface area contributed by atoms with Crippen LogP contribution in [0.4, 0.5) is 5.69 Å². The minimum absolute atomic E-state index is 0.0549. The molecule has 2 fully saturated rings. The first kappa shape index (κ1) is 27.8. The summed E-state index contributed by atoms with van der Waals surface area (Å²) in [5, 5.41) is 10.2. The quantitative estimate of drug-likeness (QED) is 0.533. The first-order valence-corrected chi connectivity index (χ1v) is 15.3. The molecule has 6 rings (SSSR count). The molecule has 41 heavy (non-hydrogen) atoms. The van der Waals surface area contributed by atoms with Gasteiger partial charge in [-0.2, -0.15) is 0 Å². The SMILES string of the molecule is CC[C@@H](CO)N1C(=O)[C@@H]2[C@H]3C(=O)N(Cc4ccccc4)CC=C[C@H]3S[C@@]23C=CCN(c2cc(C)ccc2C)C(=O)C13. The average Bonchev–Trinajstić information content (AvgIpc) is 3.29. The van der Waals surface area contributed by atoms with Crippen LogP contribution in [-0.2, 0) is 20.9 Å². The number of aliphatic hydroxyl groups is 1. The Labute approximate surface area is 245 Å². The molecule has 1 spiro atoms. The molecule has 0 aromatic heterocycles. The summed E-state index contributed by atoms with van der Waals surface area (Å²) in [5.74, 6) is -1.72. The maximum Gasteiger partial charge on any atom is 0.251 e. The van der Waals surface area contributed by atoms with E-state index in [1.54, 1.807) is 21.6 Å². The van der Waals surface area contributed by atoms with Gasteiger partial charge in [0.05, 0.1) is 29.2 Å². The van der Waals surface area contributed by atoms with Crippen LogP contribution in [0.1, 0.15) is 30.0 Å². The topological polar surface area (TPSA) is 81.2 Å². The zero-order valence-corrected chi connectivity index (χ0v) is 24.6. The van der Waals surface area contributed by atoms with Crippen molar-refractivity contribution in [1.82, 2.24) is 9.80 Å². The lowest BCUT2D eigenvalue weighted by Crippen LogP contribution is -2.56. The van der Waals surface area contributed by atoms with Gasteiger partial charge in [-0.3, -0.25) is 14.4 Å². The van der Waals surface area contributed by atoms with Gasteiger partial charge in [0.25, 0.3) is 5.91 Å². The number of nitrogens with zero attached hydrogens (tertiary/aromatic N) is 3. The van der Waals surface area contributed by atoms with Crippen molar-refractivity contribution in [2.45, 2.75) is 55.8 Å². The van der Waals surface area contributed by atoms with Crippen LogP contribution in [0, 0.1) is 25.7 Å². The summed E-state index contributed by atoms with van der Waals surface area (Å²) in [4.78, 5) is 48.7. The van der Waals surface area contributed by atoms with Gasteiger partial charge in [-0.15, -0.1) is 11.8 Å². The Hall–Kier alpha value is -3.36. The van der Waals surface area contributed by atoms with Crippen molar-refractivity contribution in [3.63, 3.8) is 0 Å². The average molecular weight is 572 g/mol. The molecular weight excluding hydrogens is 534 g/mol. The number of thioether (sulfide) groups is 1. The molecule has 0 bridgehead atoms. The minimum Gasteiger partial charge on any atom is -0.394 e. The van der Waals surface area contributed by atoms with E-state index in [4.69, 9.17) is 0 Å². The molecule has 1 unspecified atom stereocenters. The summed E-state index contributed by atoms with van der Waals surface area (Å²) in [6, 6.07) is 14.6. The summed E-state index contributed by atoms with van der Waals surface area (Å²) < 4.78 is -0.908. The fourth-order valence-corrected chi connectivity index (χ4v) is 9.10. The molecule has 4 aliphatic rings. The van der Waals surface area contributed by atoms with E-state index in [-0.39, 0.29) is 29.6 Å². The molecule has 2 saturated heterocycles. The highest BCUT2D eigenvalue weighted by Crippen LogP contribution is 2.61. The Kier molecular flexibility index (Phi) is 7.32. The largest absolute Gasteiger partial charge is 0.394 e. The standard InChI is InChI=1S/C33H37N3O4S/c1-4-24(20-37)36-29-32(40)35(25-18-21(2)13-14-22(25)3)17-9-15-33(29)28(31(36)39)27-26(41-33)12-8-16-34(30(27)38)19-23-10-6-5-7-11-23/h5-15,18,24,26-29,37H,4,16-17,19-20H2,1-3H3/t24-,26+,27-,28-,29?,33-/m0/s1. The van der Waals surface area contributed by atoms with E-state index < -0.39 is 28.7 Å². The van der Waals surface area contributed by atoms with E-state index in [9.17, 15) is 19.5 Å². The zero-order valence-electron chi connectivity index (χ0n) is 23.8. The number of aliphatic hydroxyl groups excluding tert-OH is 1. The zero-order chi connectivity index (χ0) is 28.9. The molecule has 6 atom stereocenters. The number of hydrogen-bond acceptors (Lipinski definition) is 5. The van der Waals surface area contributed by atoms with Crippen LogP contribution in [-0.4, -0.2) is 74.4 Å². The Balaban J connectivity index is 1.44. The van der Waals surface area contributed by atoms with Gasteiger partial charge < -0.3 is 19.8 Å². The first-order chi connectivity index (χ1) is 19.8. The van der Waals surface area contributed by atoms with Gasteiger partial charge in [0.2, 0.25) is 11.8 Å². The van der Waals surface area contributed by atoms with Crippen molar-refractivity contribution in [2.24, 2.45) is 11.8 Å². The van der Waals surface area contributed by atoms with E-state index >= 15 is 0 Å². The van der Waals surface area contributed by atoms with Gasteiger partial charge in [0, 0.05) is 30.6 Å². The monoisotopic (exact) mass is 571 g/mol. The number of likely N-dealkylation sites (tertiary alicyclic amines) is 1. The van der Waals surface area contributed by atoms with E-state index in [2.05, 4.69) is 6.08 Å². The van der Waals surface area contributed by atoms with Crippen molar-refractivity contribution >= 4 is 35.2 Å². The van der Waals surface area contributed by atoms with Gasteiger partial charge >= 0.3 is 0 Å². The van der Waals surface area contributed by atoms with Crippen molar-refractivity contribution in [3.05, 3.63) is 89.5 Å². The van der Waals surface area contributed by atoms with Gasteiger partial charge in [-0.1, -0.05) is 73.7 Å². The lowest BCUT2D eigenvalue weighted by Gasteiger charge is -2.38. The lowest BCUT2D eigenvalue weighted by atomic mass is 9.78. The van der Waals surface area contributed by atoms with Crippen molar-refractivity contribution in [1.29, 1.82) is 0 Å². The number of anilines is 1. The highest BCUT2D eigenvalue weighted by Gasteiger charge is 2.71. The van der Waals surface area contributed by atoms with Crippen molar-refractivity contribution in [2.75, 3.05) is 24.6 Å². The van der Waals surface area contributed by atoms with Gasteiger partial charge in [0.15, 0.2) is 0 Å². The van der Waals surface area contributed by atoms with Crippen LogP contribution >= 0.6 is 11.8 Å². The van der Waals surface area contributed by atoms with E-state index in [0.717, 1.165) is 22.4 Å².